The van der Waals surface area contributed by atoms with Crippen LogP contribution in [0.1, 0.15) is 18.0 Å². The summed E-state index contributed by atoms with van der Waals surface area (Å²) in [6.07, 6.45) is -4.47. The topological polar surface area (TPSA) is 55.5 Å². The fraction of sp³-hybridized carbons (Fsp3) is 0.400. The molecule has 1 aromatic rings. The fourth-order valence-electron chi connectivity index (χ4n) is 1.30. The molecule has 0 fully saturated rings. The van der Waals surface area contributed by atoms with Crippen molar-refractivity contribution in [3.05, 3.63) is 28.2 Å². The van der Waals surface area contributed by atoms with Crippen LogP contribution in [0.25, 0.3) is 0 Å². The first-order valence-electron chi connectivity index (χ1n) is 4.74. The third-order valence-electron chi connectivity index (χ3n) is 2.00. The van der Waals surface area contributed by atoms with Crippen LogP contribution in [0.4, 0.5) is 13.2 Å². The molecule has 0 aliphatic carbocycles. The summed E-state index contributed by atoms with van der Waals surface area (Å²) in [5.41, 5.74) is 6.15. The highest BCUT2D eigenvalue weighted by Gasteiger charge is 2.31. The first-order chi connectivity index (χ1) is 7.81. The van der Waals surface area contributed by atoms with E-state index >= 15 is 0 Å². The number of rotatable bonds is 4. The van der Waals surface area contributed by atoms with E-state index in [1.54, 1.807) is 6.07 Å². The molecule has 0 radical (unpaired) electrons. The minimum absolute atomic E-state index is 0.136. The Kier molecular flexibility index (Phi) is 4.79. The van der Waals surface area contributed by atoms with E-state index in [1.807, 2.05) is 0 Å². The first kappa shape index (κ1) is 14.3. The quantitative estimate of drug-likeness (QED) is 0.898. The number of hydrogen-bond acceptors (Lipinski definition) is 3. The molecule has 0 heterocycles. The van der Waals surface area contributed by atoms with E-state index in [4.69, 9.17) is 10.8 Å². The molecule has 0 unspecified atom stereocenters. The molecule has 1 atom stereocenters. The molecule has 0 aliphatic heterocycles. The zero-order valence-corrected chi connectivity index (χ0v) is 10.3. The van der Waals surface area contributed by atoms with Crippen LogP contribution in [0.2, 0.25) is 0 Å². The third-order valence-corrected chi connectivity index (χ3v) is 2.45. The van der Waals surface area contributed by atoms with Gasteiger partial charge in [0.05, 0.1) is 0 Å². The average molecular weight is 314 g/mol. The van der Waals surface area contributed by atoms with Gasteiger partial charge in [0.15, 0.2) is 0 Å². The molecule has 0 aromatic heterocycles. The van der Waals surface area contributed by atoms with E-state index in [0.717, 1.165) is 0 Å². The minimum Gasteiger partial charge on any atom is -0.406 e. The summed E-state index contributed by atoms with van der Waals surface area (Å²) in [7, 11) is 0. The lowest BCUT2D eigenvalue weighted by atomic mass is 10.1. The summed E-state index contributed by atoms with van der Waals surface area (Å²) in [6.45, 7) is -0.136. The number of aliphatic hydroxyl groups is 1. The van der Waals surface area contributed by atoms with Crippen molar-refractivity contribution in [3.8, 4) is 5.75 Å². The van der Waals surface area contributed by atoms with Crippen LogP contribution < -0.4 is 10.5 Å². The number of aliphatic hydroxyl groups excluding tert-OH is 1. The maximum absolute atomic E-state index is 12.0. The highest BCUT2D eigenvalue weighted by molar-refractivity contribution is 9.10. The van der Waals surface area contributed by atoms with Crippen LogP contribution >= 0.6 is 15.9 Å². The second-order valence-electron chi connectivity index (χ2n) is 3.39. The SMILES string of the molecule is N[C@@H](CCO)c1cc(Br)cc(OC(F)(F)F)c1. The zero-order valence-electron chi connectivity index (χ0n) is 8.67. The second-order valence-corrected chi connectivity index (χ2v) is 4.30. The van der Waals surface area contributed by atoms with Crippen molar-refractivity contribution < 1.29 is 23.0 Å². The van der Waals surface area contributed by atoms with E-state index in [0.29, 0.717) is 10.0 Å². The Bertz CT molecular complexity index is 384. The summed E-state index contributed by atoms with van der Waals surface area (Å²) in [5.74, 6) is -0.338. The van der Waals surface area contributed by atoms with Crippen LogP contribution in [-0.2, 0) is 0 Å². The first-order valence-corrected chi connectivity index (χ1v) is 5.54. The molecule has 0 saturated carbocycles. The summed E-state index contributed by atoms with van der Waals surface area (Å²) < 4.78 is 40.4. The normalized spacial score (nSPS) is 13.5. The summed E-state index contributed by atoms with van der Waals surface area (Å²) in [5, 5.41) is 8.72. The van der Waals surface area contributed by atoms with Gasteiger partial charge in [-0.25, -0.2) is 0 Å². The molecule has 0 bridgehead atoms. The lowest BCUT2D eigenvalue weighted by molar-refractivity contribution is -0.274. The Morgan fingerprint density at radius 3 is 2.53 bits per heavy atom. The number of benzene rings is 1. The van der Waals surface area contributed by atoms with Crippen molar-refractivity contribution in [1.82, 2.24) is 0 Å². The predicted molar refractivity (Wildman–Crippen MR) is 59.5 cm³/mol. The van der Waals surface area contributed by atoms with Crippen molar-refractivity contribution in [2.45, 2.75) is 18.8 Å². The van der Waals surface area contributed by atoms with Gasteiger partial charge in [-0.15, -0.1) is 13.2 Å². The Balaban J connectivity index is 2.94. The van der Waals surface area contributed by atoms with Gasteiger partial charge in [-0.3, -0.25) is 0 Å². The highest BCUT2D eigenvalue weighted by atomic mass is 79.9. The van der Waals surface area contributed by atoms with E-state index in [1.165, 1.54) is 12.1 Å². The monoisotopic (exact) mass is 313 g/mol. The Hall–Kier alpha value is -0.790. The van der Waals surface area contributed by atoms with E-state index in [9.17, 15) is 13.2 Å². The van der Waals surface area contributed by atoms with Crippen molar-refractivity contribution in [1.29, 1.82) is 0 Å². The van der Waals surface area contributed by atoms with Crippen LogP contribution in [0.3, 0.4) is 0 Å². The van der Waals surface area contributed by atoms with Crippen molar-refractivity contribution in [2.75, 3.05) is 6.61 Å². The number of alkyl halides is 3. The van der Waals surface area contributed by atoms with Crippen LogP contribution in [0.15, 0.2) is 22.7 Å². The average Bonchev–Trinajstić information content (AvgIpc) is 2.14. The Labute approximate surface area is 105 Å². The standard InChI is InChI=1S/C10H11BrF3NO2/c11-7-3-6(9(15)1-2-16)4-8(5-7)17-10(12,13)14/h3-5,9,16H,1-2,15H2/t9-/m0/s1. The van der Waals surface area contributed by atoms with E-state index < -0.39 is 12.4 Å². The molecule has 0 saturated heterocycles. The fourth-order valence-corrected chi connectivity index (χ4v) is 1.79. The lowest BCUT2D eigenvalue weighted by Gasteiger charge is -2.14. The van der Waals surface area contributed by atoms with E-state index in [-0.39, 0.29) is 18.8 Å². The van der Waals surface area contributed by atoms with Gasteiger partial charge in [-0.2, -0.15) is 0 Å². The van der Waals surface area contributed by atoms with Crippen LogP contribution in [0, 0.1) is 0 Å². The molecule has 7 heteroatoms. The smallest absolute Gasteiger partial charge is 0.406 e. The molecule has 3 N–H and O–H groups in total. The summed E-state index contributed by atoms with van der Waals surface area (Å²) in [4.78, 5) is 0. The largest absolute Gasteiger partial charge is 0.573 e. The van der Waals surface area contributed by atoms with Gasteiger partial charge in [0.25, 0.3) is 0 Å². The third kappa shape index (κ3) is 4.93. The molecule has 96 valence electrons. The molecular weight excluding hydrogens is 303 g/mol. The van der Waals surface area contributed by atoms with E-state index in [2.05, 4.69) is 20.7 Å². The van der Waals surface area contributed by atoms with Crippen molar-refractivity contribution in [2.24, 2.45) is 5.73 Å². The predicted octanol–water partition coefficient (Wildman–Crippen LogP) is 2.73. The summed E-state index contributed by atoms with van der Waals surface area (Å²) >= 11 is 3.07. The molecule has 1 rings (SSSR count). The number of hydrogen-bond donors (Lipinski definition) is 2. The van der Waals surface area contributed by atoms with Crippen molar-refractivity contribution in [3.63, 3.8) is 0 Å². The second kappa shape index (κ2) is 5.70. The number of ether oxygens (including phenoxy) is 1. The van der Waals surface area contributed by atoms with Gasteiger partial charge >= 0.3 is 6.36 Å². The van der Waals surface area contributed by atoms with Gasteiger partial charge in [0, 0.05) is 17.1 Å². The lowest BCUT2D eigenvalue weighted by Crippen LogP contribution is -2.18. The Morgan fingerprint density at radius 1 is 1.35 bits per heavy atom. The highest BCUT2D eigenvalue weighted by Crippen LogP contribution is 2.29. The molecule has 17 heavy (non-hydrogen) atoms. The van der Waals surface area contributed by atoms with Crippen molar-refractivity contribution >= 4 is 15.9 Å². The molecule has 0 aliphatic rings. The van der Waals surface area contributed by atoms with Gasteiger partial charge in [-0.05, 0) is 30.2 Å². The van der Waals surface area contributed by atoms with Crippen LogP contribution in [0.5, 0.6) is 5.75 Å². The van der Waals surface area contributed by atoms with Gasteiger partial charge in [0.1, 0.15) is 5.75 Å². The molecular formula is C10H11BrF3NO2. The maximum atomic E-state index is 12.0. The minimum atomic E-state index is -4.74. The number of halogens is 4. The number of nitrogens with two attached hydrogens (primary N) is 1. The zero-order chi connectivity index (χ0) is 13.1. The van der Waals surface area contributed by atoms with Gasteiger partial charge in [-0.1, -0.05) is 15.9 Å². The van der Waals surface area contributed by atoms with Crippen LogP contribution in [-0.4, -0.2) is 18.1 Å². The van der Waals surface area contributed by atoms with Gasteiger partial charge < -0.3 is 15.6 Å². The molecule has 0 amide bonds. The summed E-state index contributed by atoms with van der Waals surface area (Å²) in [6, 6.07) is 3.46. The van der Waals surface area contributed by atoms with Gasteiger partial charge in [0.2, 0.25) is 0 Å². The molecule has 0 spiro atoms. The Morgan fingerprint density at radius 2 is 2.00 bits per heavy atom. The molecule has 1 aromatic carbocycles. The maximum Gasteiger partial charge on any atom is 0.573 e. The molecule has 3 nitrogen and oxygen atoms in total.